The summed E-state index contributed by atoms with van der Waals surface area (Å²) in [5.74, 6) is -0.0869. The van der Waals surface area contributed by atoms with Crippen LogP contribution in [-0.2, 0) is 16.1 Å². The quantitative estimate of drug-likeness (QED) is 0.628. The third-order valence-electron chi connectivity index (χ3n) is 5.84. The summed E-state index contributed by atoms with van der Waals surface area (Å²) >= 11 is 0. The highest BCUT2D eigenvalue weighted by molar-refractivity contribution is 5.95. The molecule has 1 atom stereocenters. The maximum atomic E-state index is 13.5. The van der Waals surface area contributed by atoms with E-state index in [0.29, 0.717) is 37.6 Å². The van der Waals surface area contributed by atoms with Gasteiger partial charge in [-0.3, -0.25) is 9.59 Å². The number of carbonyl (C=O) groups excluding carboxylic acids is 2. The molecule has 1 unspecified atom stereocenters. The number of nitrogens with one attached hydrogen (secondary N) is 1. The molecule has 1 aromatic heterocycles. The Hall–Kier alpha value is -3.48. The topological polar surface area (TPSA) is 67.2 Å². The zero-order valence-corrected chi connectivity index (χ0v) is 18.1. The van der Waals surface area contributed by atoms with Crippen LogP contribution in [0.1, 0.15) is 31.7 Å². The fourth-order valence-electron chi connectivity index (χ4n) is 4.09. The Morgan fingerprint density at radius 2 is 1.88 bits per heavy atom. The molecule has 2 heterocycles. The lowest BCUT2D eigenvalue weighted by atomic mass is 9.96. The molecule has 1 fully saturated rings. The van der Waals surface area contributed by atoms with Crippen molar-refractivity contribution in [1.82, 2.24) is 14.5 Å². The van der Waals surface area contributed by atoms with Gasteiger partial charge in [0.2, 0.25) is 11.8 Å². The molecule has 0 spiro atoms. The fraction of sp³-hybridized carbons (Fsp3) is 0.320. The van der Waals surface area contributed by atoms with Crippen LogP contribution in [-0.4, -0.2) is 39.4 Å². The number of halogens is 1. The number of likely N-dealkylation sites (tertiary alicyclic amines) is 1. The molecule has 32 heavy (non-hydrogen) atoms. The van der Waals surface area contributed by atoms with Crippen molar-refractivity contribution in [3.05, 3.63) is 72.3 Å². The highest BCUT2D eigenvalue weighted by Gasteiger charge is 2.29. The Balaban J connectivity index is 1.61. The highest BCUT2D eigenvalue weighted by Crippen LogP contribution is 2.29. The van der Waals surface area contributed by atoms with E-state index in [1.54, 1.807) is 23.4 Å². The summed E-state index contributed by atoms with van der Waals surface area (Å²) in [7, 11) is 0. The lowest BCUT2D eigenvalue weighted by molar-refractivity contribution is -0.134. The van der Waals surface area contributed by atoms with Crippen molar-refractivity contribution in [2.75, 3.05) is 18.4 Å². The minimum atomic E-state index is -0.328. The lowest BCUT2D eigenvalue weighted by Crippen LogP contribution is -2.43. The van der Waals surface area contributed by atoms with E-state index >= 15 is 0 Å². The van der Waals surface area contributed by atoms with Crippen molar-refractivity contribution in [2.45, 2.75) is 32.7 Å². The van der Waals surface area contributed by atoms with E-state index in [1.165, 1.54) is 12.1 Å². The average Bonchev–Trinajstić information content (AvgIpc) is 3.21. The highest BCUT2D eigenvalue weighted by atomic mass is 19.1. The minimum Gasteiger partial charge on any atom is -0.342 e. The minimum absolute atomic E-state index is 0.0728. The predicted octanol–water partition coefficient (Wildman–Crippen LogP) is 4.32. The van der Waals surface area contributed by atoms with Crippen LogP contribution in [0.15, 0.2) is 60.9 Å². The number of hydrogen-bond acceptors (Lipinski definition) is 3. The molecule has 1 aliphatic rings. The first-order valence-electron chi connectivity index (χ1n) is 11.0. The summed E-state index contributed by atoms with van der Waals surface area (Å²) in [6.45, 7) is 3.50. The number of anilines is 1. The predicted molar refractivity (Wildman–Crippen MR) is 121 cm³/mol. The van der Waals surface area contributed by atoms with Crippen molar-refractivity contribution in [3.8, 4) is 11.3 Å². The molecule has 2 aromatic carbocycles. The van der Waals surface area contributed by atoms with Gasteiger partial charge in [-0.05, 0) is 42.7 Å². The van der Waals surface area contributed by atoms with Crippen LogP contribution in [0, 0.1) is 11.7 Å². The maximum absolute atomic E-state index is 13.5. The molecule has 1 aliphatic heterocycles. The van der Waals surface area contributed by atoms with Gasteiger partial charge >= 0.3 is 0 Å². The van der Waals surface area contributed by atoms with Crippen LogP contribution in [0.5, 0.6) is 0 Å². The number of amides is 2. The van der Waals surface area contributed by atoms with Crippen LogP contribution >= 0.6 is 0 Å². The summed E-state index contributed by atoms with van der Waals surface area (Å²) in [5.41, 5.74) is 2.38. The van der Waals surface area contributed by atoms with E-state index < -0.39 is 0 Å². The molecule has 7 heteroatoms. The maximum Gasteiger partial charge on any atom is 0.230 e. The number of nitrogens with zero attached hydrogens (tertiary/aromatic N) is 3. The zero-order chi connectivity index (χ0) is 22.5. The van der Waals surface area contributed by atoms with E-state index in [2.05, 4.69) is 10.3 Å². The van der Waals surface area contributed by atoms with E-state index in [1.807, 2.05) is 41.8 Å². The number of imidazole rings is 1. The zero-order valence-electron chi connectivity index (χ0n) is 18.1. The standard InChI is InChI=1S/C25H27FN4O2/c1-2-22(31)29-14-6-9-20(16-29)25(32)28-24-23(19-10-12-21(26)13-11-19)27-17-30(24)15-18-7-4-3-5-8-18/h3-5,7-8,10-13,17,20H,2,6,9,14-16H2,1H3,(H,28,32). The second kappa shape index (κ2) is 9.77. The van der Waals surface area contributed by atoms with Gasteiger partial charge in [-0.25, -0.2) is 9.37 Å². The number of hydrogen-bond donors (Lipinski definition) is 1. The molecule has 3 aromatic rings. The van der Waals surface area contributed by atoms with Gasteiger partial charge in [0.25, 0.3) is 0 Å². The van der Waals surface area contributed by atoms with Crippen molar-refractivity contribution in [1.29, 1.82) is 0 Å². The van der Waals surface area contributed by atoms with Crippen LogP contribution < -0.4 is 5.32 Å². The molecule has 1 N–H and O–H groups in total. The molecule has 0 radical (unpaired) electrons. The molecule has 166 valence electrons. The third-order valence-corrected chi connectivity index (χ3v) is 5.84. The molecule has 0 bridgehead atoms. The number of rotatable bonds is 6. The second-order valence-electron chi connectivity index (χ2n) is 8.08. The second-order valence-corrected chi connectivity index (χ2v) is 8.08. The van der Waals surface area contributed by atoms with Gasteiger partial charge in [-0.15, -0.1) is 0 Å². The van der Waals surface area contributed by atoms with Gasteiger partial charge in [-0.1, -0.05) is 37.3 Å². The van der Waals surface area contributed by atoms with Crippen LogP contribution in [0.3, 0.4) is 0 Å². The smallest absolute Gasteiger partial charge is 0.230 e. The Bertz CT molecular complexity index is 1080. The largest absolute Gasteiger partial charge is 0.342 e. The van der Waals surface area contributed by atoms with Crippen molar-refractivity contribution in [3.63, 3.8) is 0 Å². The van der Waals surface area contributed by atoms with Gasteiger partial charge in [0, 0.05) is 25.1 Å². The van der Waals surface area contributed by atoms with Gasteiger partial charge in [0.15, 0.2) is 0 Å². The van der Waals surface area contributed by atoms with E-state index in [-0.39, 0.29) is 23.5 Å². The Kier molecular flexibility index (Phi) is 6.63. The monoisotopic (exact) mass is 434 g/mol. The summed E-state index contributed by atoms with van der Waals surface area (Å²) in [5, 5.41) is 3.07. The Morgan fingerprint density at radius 1 is 1.12 bits per heavy atom. The van der Waals surface area contributed by atoms with Crippen molar-refractivity contribution >= 4 is 17.6 Å². The van der Waals surface area contributed by atoms with E-state index in [9.17, 15) is 14.0 Å². The number of benzene rings is 2. The Morgan fingerprint density at radius 3 is 2.59 bits per heavy atom. The SMILES string of the molecule is CCC(=O)N1CCCC(C(=O)Nc2c(-c3ccc(F)cc3)ncn2Cc2ccccc2)C1. The van der Waals surface area contributed by atoms with E-state index in [0.717, 1.165) is 24.0 Å². The summed E-state index contributed by atoms with van der Waals surface area (Å²) in [4.78, 5) is 31.6. The van der Waals surface area contributed by atoms with Gasteiger partial charge < -0.3 is 14.8 Å². The van der Waals surface area contributed by atoms with E-state index in [4.69, 9.17) is 0 Å². The van der Waals surface area contributed by atoms with Crippen LogP contribution in [0.2, 0.25) is 0 Å². The number of piperidine rings is 1. The fourth-order valence-corrected chi connectivity index (χ4v) is 4.09. The molecule has 6 nitrogen and oxygen atoms in total. The first-order chi connectivity index (χ1) is 15.5. The number of aromatic nitrogens is 2. The molecule has 4 rings (SSSR count). The molecular formula is C25H27FN4O2. The molecule has 2 amide bonds. The number of carbonyl (C=O) groups is 2. The molecule has 0 aliphatic carbocycles. The van der Waals surface area contributed by atoms with Gasteiger partial charge in [-0.2, -0.15) is 0 Å². The molecule has 0 saturated carbocycles. The molecular weight excluding hydrogens is 407 g/mol. The average molecular weight is 435 g/mol. The summed E-state index contributed by atoms with van der Waals surface area (Å²) in [6, 6.07) is 16.0. The van der Waals surface area contributed by atoms with Gasteiger partial charge in [0.05, 0.1) is 18.8 Å². The third kappa shape index (κ3) is 4.88. The van der Waals surface area contributed by atoms with Gasteiger partial charge in [0.1, 0.15) is 17.3 Å². The molecule has 1 saturated heterocycles. The first kappa shape index (κ1) is 21.7. The first-order valence-corrected chi connectivity index (χ1v) is 11.0. The van der Waals surface area contributed by atoms with Crippen molar-refractivity contribution in [2.24, 2.45) is 5.92 Å². The Labute approximate surface area is 187 Å². The van der Waals surface area contributed by atoms with Crippen LogP contribution in [0.25, 0.3) is 11.3 Å². The summed E-state index contributed by atoms with van der Waals surface area (Å²) < 4.78 is 15.3. The van der Waals surface area contributed by atoms with Crippen LogP contribution in [0.4, 0.5) is 10.2 Å². The summed E-state index contributed by atoms with van der Waals surface area (Å²) in [6.07, 6.45) is 3.66. The normalized spacial score (nSPS) is 16.1. The lowest BCUT2D eigenvalue weighted by Gasteiger charge is -2.32. The van der Waals surface area contributed by atoms with Crippen molar-refractivity contribution < 1.29 is 14.0 Å².